The summed E-state index contributed by atoms with van der Waals surface area (Å²) < 4.78 is 23.9. The molecule has 0 aliphatic carbocycles. The molecule has 3 aromatic carbocycles. The molecule has 2 heterocycles. The van der Waals surface area contributed by atoms with E-state index >= 15 is 0 Å². The first-order chi connectivity index (χ1) is 19.4. The van der Waals surface area contributed by atoms with Crippen LogP contribution in [-0.2, 0) is 9.53 Å². The fraction of sp³-hybridized carbons (Fsp3) is 0.172. The zero-order valence-corrected chi connectivity index (χ0v) is 23.9. The number of benzene rings is 3. The van der Waals surface area contributed by atoms with Crippen molar-refractivity contribution in [3.05, 3.63) is 86.1 Å². The topological polar surface area (TPSA) is 105 Å². The Labute approximate surface area is 242 Å². The molecule has 0 bridgehead atoms. The van der Waals surface area contributed by atoms with Gasteiger partial charge in [-0.2, -0.15) is 9.78 Å². The van der Waals surface area contributed by atoms with Gasteiger partial charge >= 0.3 is 5.97 Å². The molecule has 0 radical (unpaired) electrons. The molecule has 0 amide bonds. The molecule has 0 saturated carbocycles. The number of esters is 1. The predicted molar refractivity (Wildman–Crippen MR) is 157 cm³/mol. The van der Waals surface area contributed by atoms with Crippen LogP contribution in [0.3, 0.4) is 0 Å². The van der Waals surface area contributed by atoms with E-state index in [4.69, 9.17) is 35.2 Å². The summed E-state index contributed by atoms with van der Waals surface area (Å²) >= 11 is 10.1. The molecule has 0 saturated heterocycles. The summed E-state index contributed by atoms with van der Waals surface area (Å²) in [5.74, 6) is 0.550. The van der Waals surface area contributed by atoms with Crippen LogP contribution in [0.25, 0.3) is 33.5 Å². The lowest BCUT2D eigenvalue weighted by Crippen LogP contribution is -2.20. The van der Waals surface area contributed by atoms with E-state index in [1.807, 2.05) is 36.4 Å². The van der Waals surface area contributed by atoms with Crippen molar-refractivity contribution < 1.29 is 23.4 Å². The Bertz CT molecular complexity index is 1780. The molecule has 5 rings (SSSR count). The highest BCUT2D eigenvalue weighted by atomic mass is 79.9. The summed E-state index contributed by atoms with van der Waals surface area (Å²) in [6.45, 7) is 3.71. The average molecular weight is 625 g/mol. The van der Waals surface area contributed by atoms with Crippen molar-refractivity contribution in [3.63, 3.8) is 0 Å². The van der Waals surface area contributed by atoms with Gasteiger partial charge in [0.1, 0.15) is 10.6 Å². The number of carbonyl (C=O) groups is 1. The van der Waals surface area contributed by atoms with Crippen LogP contribution < -0.4 is 15.0 Å². The zero-order chi connectivity index (χ0) is 28.2. The maximum atomic E-state index is 13.6. The molecule has 0 aliphatic rings. The molecule has 0 unspecified atom stereocenters. The van der Waals surface area contributed by atoms with Gasteiger partial charge in [-0.3, -0.25) is 4.79 Å². The largest absolute Gasteiger partial charge is 0.490 e. The fourth-order valence-corrected chi connectivity index (χ4v) is 4.69. The van der Waals surface area contributed by atoms with Crippen molar-refractivity contribution >= 4 is 61.6 Å². The second-order valence-corrected chi connectivity index (χ2v) is 9.58. The molecule has 0 spiro atoms. The van der Waals surface area contributed by atoms with E-state index < -0.39 is 5.97 Å². The molecule has 204 valence electrons. The second kappa shape index (κ2) is 11.9. The molecular weight excluding hydrogens is 602 g/mol. The maximum Gasteiger partial charge on any atom is 0.344 e. The normalized spacial score (nSPS) is 11.4. The Balaban J connectivity index is 1.61. The van der Waals surface area contributed by atoms with Crippen molar-refractivity contribution in [2.45, 2.75) is 13.8 Å². The SMILES string of the molecule is CCOC(=O)COc1c(OCC)cc(C=Nn2c(-c3cc4ccccc4o3)nc3ccccc3c2=O)c(Br)c1Cl. The summed E-state index contributed by atoms with van der Waals surface area (Å²) in [4.78, 5) is 30.1. The molecule has 11 heteroatoms. The number of hydrogen-bond donors (Lipinski definition) is 0. The average Bonchev–Trinajstić information content (AvgIpc) is 3.39. The third-order valence-electron chi connectivity index (χ3n) is 5.81. The number of para-hydroxylation sites is 2. The number of furan rings is 1. The Morgan fingerprint density at radius 1 is 1.10 bits per heavy atom. The smallest absolute Gasteiger partial charge is 0.344 e. The van der Waals surface area contributed by atoms with Crippen LogP contribution in [-0.4, -0.2) is 41.7 Å². The third-order valence-corrected chi connectivity index (χ3v) is 7.25. The first kappa shape index (κ1) is 27.4. The minimum Gasteiger partial charge on any atom is -0.490 e. The predicted octanol–water partition coefficient (Wildman–Crippen LogP) is 6.45. The monoisotopic (exact) mass is 623 g/mol. The van der Waals surface area contributed by atoms with Crippen molar-refractivity contribution in [2.24, 2.45) is 5.10 Å². The number of halogens is 2. The van der Waals surface area contributed by atoms with Crippen LogP contribution in [0, 0.1) is 0 Å². The minimum atomic E-state index is -0.538. The Morgan fingerprint density at radius 3 is 2.65 bits per heavy atom. The molecule has 5 aromatic rings. The molecule has 0 atom stereocenters. The highest BCUT2D eigenvalue weighted by Crippen LogP contribution is 2.42. The summed E-state index contributed by atoms with van der Waals surface area (Å²) in [5.41, 5.74) is 1.29. The van der Waals surface area contributed by atoms with E-state index in [0.717, 1.165) is 5.39 Å². The van der Waals surface area contributed by atoms with Crippen molar-refractivity contribution in [2.75, 3.05) is 19.8 Å². The van der Waals surface area contributed by atoms with Crippen LogP contribution in [0.5, 0.6) is 11.5 Å². The van der Waals surface area contributed by atoms with Gasteiger partial charge in [-0.25, -0.2) is 9.78 Å². The van der Waals surface area contributed by atoms with Gasteiger partial charge in [-0.05, 0) is 60.1 Å². The lowest BCUT2D eigenvalue weighted by atomic mass is 10.2. The van der Waals surface area contributed by atoms with Crippen molar-refractivity contribution in [3.8, 4) is 23.1 Å². The molecule has 0 fully saturated rings. The van der Waals surface area contributed by atoms with Gasteiger partial charge < -0.3 is 18.6 Å². The molecule has 40 heavy (non-hydrogen) atoms. The number of aromatic nitrogens is 2. The number of rotatable bonds is 9. The molecule has 0 aliphatic heterocycles. The van der Waals surface area contributed by atoms with Crippen LogP contribution in [0.1, 0.15) is 19.4 Å². The van der Waals surface area contributed by atoms with Gasteiger partial charge in [0.15, 0.2) is 23.9 Å². The highest BCUT2D eigenvalue weighted by molar-refractivity contribution is 9.10. The van der Waals surface area contributed by atoms with Gasteiger partial charge in [0.2, 0.25) is 5.82 Å². The number of ether oxygens (including phenoxy) is 3. The Hall–Kier alpha value is -4.15. The van der Waals surface area contributed by atoms with Crippen LogP contribution >= 0.6 is 27.5 Å². The summed E-state index contributed by atoms with van der Waals surface area (Å²) in [6.07, 6.45) is 1.46. The zero-order valence-electron chi connectivity index (χ0n) is 21.5. The van der Waals surface area contributed by atoms with E-state index in [0.29, 0.717) is 44.6 Å². The van der Waals surface area contributed by atoms with E-state index in [1.165, 1.54) is 10.9 Å². The van der Waals surface area contributed by atoms with E-state index in [9.17, 15) is 9.59 Å². The van der Waals surface area contributed by atoms with E-state index in [1.54, 1.807) is 38.1 Å². The van der Waals surface area contributed by atoms with Gasteiger partial charge in [0.05, 0.1) is 30.3 Å². The number of carbonyl (C=O) groups excluding carboxylic acids is 1. The molecular formula is C29H23BrClN3O6. The van der Waals surface area contributed by atoms with E-state index in [-0.39, 0.29) is 35.4 Å². The molecule has 0 N–H and O–H groups in total. The van der Waals surface area contributed by atoms with Gasteiger partial charge in [-0.15, -0.1) is 0 Å². The lowest BCUT2D eigenvalue weighted by Gasteiger charge is -2.15. The van der Waals surface area contributed by atoms with Crippen LogP contribution in [0.4, 0.5) is 0 Å². The highest BCUT2D eigenvalue weighted by Gasteiger charge is 2.20. The molecule has 2 aromatic heterocycles. The maximum absolute atomic E-state index is 13.6. The number of nitrogens with zero attached hydrogens (tertiary/aromatic N) is 3. The van der Waals surface area contributed by atoms with Gasteiger partial charge in [-0.1, -0.05) is 41.9 Å². The summed E-state index contributed by atoms with van der Waals surface area (Å²) in [7, 11) is 0. The Kier molecular flexibility index (Phi) is 8.18. The summed E-state index contributed by atoms with van der Waals surface area (Å²) in [5, 5.41) is 5.93. The van der Waals surface area contributed by atoms with Gasteiger partial charge in [0.25, 0.3) is 5.56 Å². The summed E-state index contributed by atoms with van der Waals surface area (Å²) in [6, 6.07) is 18.0. The standard InChI is InChI=1S/C29H23BrClN3O6/c1-3-37-22-14-18(25(30)26(31)27(22)39-16-24(35)38-4-2)15-32-34-28(23-13-17-9-5-8-12-21(17)40-23)33-20-11-7-6-10-19(20)29(34)36/h5-15H,3-4,16H2,1-2H3. The quantitative estimate of drug-likeness (QED) is 0.137. The first-order valence-corrected chi connectivity index (χ1v) is 13.6. The van der Waals surface area contributed by atoms with Crippen molar-refractivity contribution in [1.29, 1.82) is 0 Å². The third kappa shape index (κ3) is 5.45. The number of hydrogen-bond acceptors (Lipinski definition) is 8. The van der Waals surface area contributed by atoms with Crippen LogP contribution in [0.2, 0.25) is 5.02 Å². The van der Waals surface area contributed by atoms with Gasteiger partial charge in [0, 0.05) is 15.4 Å². The minimum absolute atomic E-state index is 0.165. The second-order valence-electron chi connectivity index (χ2n) is 8.41. The molecule has 9 nitrogen and oxygen atoms in total. The lowest BCUT2D eigenvalue weighted by molar-refractivity contribution is -0.145. The van der Waals surface area contributed by atoms with Crippen molar-refractivity contribution in [1.82, 2.24) is 9.66 Å². The first-order valence-electron chi connectivity index (χ1n) is 12.4. The fourth-order valence-electron chi connectivity index (χ4n) is 4.03. The Morgan fingerprint density at radius 2 is 1.88 bits per heavy atom. The van der Waals surface area contributed by atoms with Crippen LogP contribution in [0.15, 0.2) is 79.4 Å². The van der Waals surface area contributed by atoms with E-state index in [2.05, 4.69) is 21.0 Å². The number of fused-ring (bicyclic) bond motifs is 2.